The van der Waals surface area contributed by atoms with Crippen LogP contribution in [0.1, 0.15) is 33.4 Å². The SMILES string of the molecule is Brc1ccccc1C#Cc1ccccc1Br.c1ccc2c(c1)CC1=C2Cc2ccccc21. The third-order valence-electron chi connectivity index (χ3n) is 5.86. The summed E-state index contributed by atoms with van der Waals surface area (Å²) in [7, 11) is 0. The fourth-order valence-electron chi connectivity index (χ4n) is 4.31. The molecule has 0 saturated heterocycles. The fraction of sp³-hybridized carbons (Fsp3) is 0.0667. The fourth-order valence-corrected chi connectivity index (χ4v) is 5.08. The van der Waals surface area contributed by atoms with E-state index in [2.05, 4.69) is 92.2 Å². The summed E-state index contributed by atoms with van der Waals surface area (Å²) >= 11 is 6.95. The molecule has 6 rings (SSSR count). The van der Waals surface area contributed by atoms with E-state index >= 15 is 0 Å². The molecule has 2 aliphatic carbocycles. The second kappa shape index (κ2) is 9.33. The maximum absolute atomic E-state index is 3.47. The molecule has 0 aliphatic heterocycles. The zero-order valence-corrected chi connectivity index (χ0v) is 20.6. The molecule has 0 N–H and O–H groups in total. The van der Waals surface area contributed by atoms with Crippen LogP contribution in [-0.4, -0.2) is 0 Å². The van der Waals surface area contributed by atoms with E-state index < -0.39 is 0 Å². The van der Waals surface area contributed by atoms with Crippen LogP contribution in [0.15, 0.2) is 106 Å². The highest BCUT2D eigenvalue weighted by atomic mass is 79.9. The standard InChI is InChI=1S/C16H12.C14H8Br2/c1-3-7-13-11(5-1)9-15-14-8-4-2-6-12(14)10-16(13)15;15-13-7-3-1-5-11(13)9-10-12-6-2-4-8-14(12)16/h1-8H,9-10H2;1-8H. The van der Waals surface area contributed by atoms with E-state index in [0.717, 1.165) is 32.9 Å². The second-order valence-corrected chi connectivity index (χ2v) is 9.54. The van der Waals surface area contributed by atoms with Crippen molar-refractivity contribution in [2.75, 3.05) is 0 Å². The summed E-state index contributed by atoms with van der Waals surface area (Å²) in [5.74, 6) is 6.29. The van der Waals surface area contributed by atoms with Crippen molar-refractivity contribution in [1.29, 1.82) is 0 Å². The minimum Gasteiger partial charge on any atom is -0.0619 e. The molecule has 0 atom stereocenters. The first-order valence-electron chi connectivity index (χ1n) is 10.6. The molecule has 0 bridgehead atoms. The van der Waals surface area contributed by atoms with Gasteiger partial charge in [-0.2, -0.15) is 0 Å². The van der Waals surface area contributed by atoms with Gasteiger partial charge in [0.1, 0.15) is 0 Å². The summed E-state index contributed by atoms with van der Waals surface area (Å²) in [5.41, 5.74) is 11.1. The van der Waals surface area contributed by atoms with E-state index in [-0.39, 0.29) is 0 Å². The number of hydrogen-bond donors (Lipinski definition) is 0. The van der Waals surface area contributed by atoms with Crippen LogP contribution in [0.5, 0.6) is 0 Å². The normalized spacial score (nSPS) is 12.7. The van der Waals surface area contributed by atoms with Crippen LogP contribution in [0.4, 0.5) is 0 Å². The van der Waals surface area contributed by atoms with Crippen molar-refractivity contribution < 1.29 is 0 Å². The van der Waals surface area contributed by atoms with Crippen molar-refractivity contribution >= 4 is 43.0 Å². The van der Waals surface area contributed by atoms with Crippen molar-refractivity contribution in [2.24, 2.45) is 0 Å². The minimum atomic E-state index is 0.998. The third kappa shape index (κ3) is 4.24. The van der Waals surface area contributed by atoms with E-state index in [0.29, 0.717) is 0 Å². The van der Waals surface area contributed by atoms with Gasteiger partial charge in [0, 0.05) is 20.1 Å². The van der Waals surface area contributed by atoms with E-state index in [9.17, 15) is 0 Å². The molecule has 0 saturated carbocycles. The molecule has 0 fully saturated rings. The van der Waals surface area contributed by atoms with Gasteiger partial charge in [0.25, 0.3) is 0 Å². The van der Waals surface area contributed by atoms with Crippen LogP contribution in [0.3, 0.4) is 0 Å². The number of halogens is 2. The molecule has 0 nitrogen and oxygen atoms in total. The lowest BCUT2D eigenvalue weighted by Gasteiger charge is -2.05. The van der Waals surface area contributed by atoms with Gasteiger partial charge in [-0.1, -0.05) is 84.6 Å². The summed E-state index contributed by atoms with van der Waals surface area (Å²) in [6.07, 6.45) is 2.26. The third-order valence-corrected chi connectivity index (χ3v) is 7.25. The van der Waals surface area contributed by atoms with Gasteiger partial charge in [-0.3, -0.25) is 0 Å². The Kier molecular flexibility index (Phi) is 6.12. The molecule has 32 heavy (non-hydrogen) atoms. The Morgan fingerprint density at radius 1 is 0.469 bits per heavy atom. The quantitative estimate of drug-likeness (QED) is 0.197. The topological polar surface area (TPSA) is 0 Å². The number of rotatable bonds is 0. The Morgan fingerprint density at radius 3 is 1.28 bits per heavy atom. The lowest BCUT2D eigenvalue weighted by atomic mass is 9.99. The van der Waals surface area contributed by atoms with Crippen LogP contribution in [0.2, 0.25) is 0 Å². The van der Waals surface area contributed by atoms with Crippen LogP contribution >= 0.6 is 31.9 Å². The molecule has 0 aromatic heterocycles. The van der Waals surface area contributed by atoms with Gasteiger partial charge in [-0.05, 0) is 102 Å². The Bertz CT molecular complexity index is 1290. The molecule has 4 aromatic rings. The van der Waals surface area contributed by atoms with E-state index in [4.69, 9.17) is 0 Å². The molecular formula is C30H20Br2. The van der Waals surface area contributed by atoms with Crippen molar-refractivity contribution in [3.8, 4) is 11.8 Å². The summed E-state index contributed by atoms with van der Waals surface area (Å²) in [6, 6.07) is 33.5. The Hall–Kier alpha value is -2.86. The largest absolute Gasteiger partial charge is 0.0619 e. The predicted molar refractivity (Wildman–Crippen MR) is 141 cm³/mol. The molecule has 0 unspecified atom stereocenters. The van der Waals surface area contributed by atoms with Crippen LogP contribution < -0.4 is 0 Å². The van der Waals surface area contributed by atoms with Crippen molar-refractivity contribution in [3.05, 3.63) is 139 Å². The van der Waals surface area contributed by atoms with Gasteiger partial charge < -0.3 is 0 Å². The molecule has 0 spiro atoms. The van der Waals surface area contributed by atoms with Crippen LogP contribution in [0.25, 0.3) is 11.1 Å². The average molecular weight is 540 g/mol. The monoisotopic (exact) mass is 538 g/mol. The summed E-state index contributed by atoms with van der Waals surface area (Å²) in [4.78, 5) is 0. The minimum absolute atomic E-state index is 0.998. The Morgan fingerprint density at radius 2 is 0.844 bits per heavy atom. The molecule has 0 radical (unpaired) electrons. The number of fused-ring (bicyclic) bond motifs is 4. The maximum Gasteiger partial charge on any atom is 0.0391 e. The zero-order chi connectivity index (χ0) is 21.9. The maximum atomic E-state index is 3.47. The van der Waals surface area contributed by atoms with E-state index in [1.165, 1.54) is 22.3 Å². The van der Waals surface area contributed by atoms with Crippen molar-refractivity contribution in [3.63, 3.8) is 0 Å². The summed E-state index contributed by atoms with van der Waals surface area (Å²) < 4.78 is 2.05. The smallest absolute Gasteiger partial charge is 0.0391 e. The number of allylic oxidation sites excluding steroid dienone is 2. The molecule has 4 aromatic carbocycles. The second-order valence-electron chi connectivity index (χ2n) is 7.83. The van der Waals surface area contributed by atoms with Crippen LogP contribution in [-0.2, 0) is 12.8 Å². The van der Waals surface area contributed by atoms with Gasteiger partial charge in [0.15, 0.2) is 0 Å². The number of hydrogen-bond acceptors (Lipinski definition) is 0. The van der Waals surface area contributed by atoms with Gasteiger partial charge in [-0.25, -0.2) is 0 Å². The average Bonchev–Trinajstić information content (AvgIpc) is 3.36. The molecule has 2 aliphatic rings. The Labute approximate surface area is 206 Å². The van der Waals surface area contributed by atoms with Crippen molar-refractivity contribution in [1.82, 2.24) is 0 Å². The number of benzene rings is 4. The van der Waals surface area contributed by atoms with Gasteiger partial charge >= 0.3 is 0 Å². The highest BCUT2D eigenvalue weighted by Crippen LogP contribution is 2.45. The summed E-state index contributed by atoms with van der Waals surface area (Å²) in [5, 5.41) is 0. The molecule has 0 heterocycles. The first kappa shape index (κ1) is 21.0. The van der Waals surface area contributed by atoms with E-state index in [1.807, 2.05) is 48.5 Å². The van der Waals surface area contributed by atoms with Crippen molar-refractivity contribution in [2.45, 2.75) is 12.8 Å². The lowest BCUT2D eigenvalue weighted by molar-refractivity contribution is 1.26. The van der Waals surface area contributed by atoms with Gasteiger partial charge in [0.05, 0.1) is 0 Å². The summed E-state index contributed by atoms with van der Waals surface area (Å²) in [6.45, 7) is 0. The predicted octanol–water partition coefficient (Wildman–Crippen LogP) is 8.32. The zero-order valence-electron chi connectivity index (χ0n) is 17.4. The van der Waals surface area contributed by atoms with E-state index in [1.54, 1.807) is 11.1 Å². The first-order chi connectivity index (χ1) is 15.7. The van der Waals surface area contributed by atoms with Gasteiger partial charge in [0.2, 0.25) is 0 Å². The lowest BCUT2D eigenvalue weighted by Crippen LogP contribution is -1.90. The molecule has 0 amide bonds. The first-order valence-corrected chi connectivity index (χ1v) is 12.2. The highest BCUT2D eigenvalue weighted by molar-refractivity contribution is 9.10. The van der Waals surface area contributed by atoms with Crippen LogP contribution in [0, 0.1) is 11.8 Å². The highest BCUT2D eigenvalue weighted by Gasteiger charge is 2.28. The molecule has 154 valence electrons. The van der Waals surface area contributed by atoms with Gasteiger partial charge in [-0.15, -0.1) is 0 Å². The molecular weight excluding hydrogens is 520 g/mol. The Balaban J connectivity index is 0.000000135. The molecule has 2 heteroatoms.